The van der Waals surface area contributed by atoms with E-state index >= 15 is 0 Å². The van der Waals surface area contributed by atoms with Crippen LogP contribution in [0.15, 0.2) is 27.6 Å². The number of aryl methyl sites for hydroxylation is 2. The van der Waals surface area contributed by atoms with Crippen LogP contribution >= 0.6 is 0 Å². The maximum absolute atomic E-state index is 13.4. The number of nitrogens with one attached hydrogen (secondary N) is 1. The number of sulfonamides is 1. The summed E-state index contributed by atoms with van der Waals surface area (Å²) in [6.45, 7) is 7.59. The van der Waals surface area contributed by atoms with E-state index < -0.39 is 22.2 Å². The van der Waals surface area contributed by atoms with Gasteiger partial charge in [0.1, 0.15) is 22.4 Å². The monoisotopic (exact) mass is 593 g/mol. The Bertz CT molecular complexity index is 1310. The third-order valence-electron chi connectivity index (χ3n) is 7.28. The van der Waals surface area contributed by atoms with Gasteiger partial charge >= 0.3 is 0 Å². The number of ether oxygens (including phenoxy) is 1. The van der Waals surface area contributed by atoms with E-state index in [1.54, 1.807) is 43.9 Å². The van der Waals surface area contributed by atoms with Crippen molar-refractivity contribution in [1.29, 1.82) is 0 Å². The van der Waals surface area contributed by atoms with Crippen LogP contribution in [0.1, 0.15) is 43.7 Å². The number of carbonyl (C=O) groups is 2. The van der Waals surface area contributed by atoms with Crippen LogP contribution in [-0.2, 0) is 26.0 Å². The van der Waals surface area contributed by atoms with E-state index in [2.05, 4.69) is 10.5 Å². The van der Waals surface area contributed by atoms with Crippen molar-refractivity contribution in [3.8, 4) is 5.75 Å². The number of amides is 2. The molecule has 2 aromatic rings. The molecule has 1 aliphatic rings. The number of hydrogen-bond donors (Lipinski definition) is 2. The molecule has 2 heterocycles. The molecule has 2 N–H and O–H groups in total. The molecular formula is C28H43N5O7S. The number of aliphatic hydroxyl groups is 1. The zero-order chi connectivity index (χ0) is 30.5. The normalized spacial score (nSPS) is 18.9. The number of likely N-dealkylation sites (N-methyl/N-ethyl adjacent to an activating group) is 1. The first kappa shape index (κ1) is 32.5. The van der Waals surface area contributed by atoms with Gasteiger partial charge in [0.25, 0.3) is 0 Å². The predicted molar refractivity (Wildman–Crippen MR) is 154 cm³/mol. The molecule has 0 aliphatic carbocycles. The number of rotatable bonds is 11. The average Bonchev–Trinajstić information content (AvgIpc) is 3.26. The van der Waals surface area contributed by atoms with Gasteiger partial charge in [-0.25, -0.2) is 8.42 Å². The van der Waals surface area contributed by atoms with E-state index in [1.807, 2.05) is 25.9 Å². The number of carbonyl (C=O) groups excluding carboxylic acids is 2. The molecule has 228 valence electrons. The number of benzene rings is 1. The van der Waals surface area contributed by atoms with Crippen molar-refractivity contribution in [1.82, 2.24) is 19.3 Å². The molecule has 0 unspecified atom stereocenters. The summed E-state index contributed by atoms with van der Waals surface area (Å²) in [7, 11) is 1.43. The second kappa shape index (κ2) is 13.8. The minimum Gasteiger partial charge on any atom is -0.488 e. The van der Waals surface area contributed by atoms with E-state index in [0.29, 0.717) is 29.8 Å². The molecule has 1 aromatic heterocycles. The molecule has 3 atom stereocenters. The van der Waals surface area contributed by atoms with Crippen molar-refractivity contribution in [2.75, 3.05) is 52.7 Å². The Morgan fingerprint density at radius 1 is 1.27 bits per heavy atom. The van der Waals surface area contributed by atoms with E-state index in [1.165, 1.54) is 11.4 Å². The minimum absolute atomic E-state index is 0.00330. The smallest absolute Gasteiger partial charge is 0.248 e. The van der Waals surface area contributed by atoms with Crippen LogP contribution in [-0.4, -0.2) is 104 Å². The van der Waals surface area contributed by atoms with Crippen LogP contribution in [0.25, 0.3) is 0 Å². The number of anilines is 1. The molecule has 0 fully saturated rings. The summed E-state index contributed by atoms with van der Waals surface area (Å²) >= 11 is 0. The SMILES string of the molecule is Cc1noc(C)c1S(=O)(=O)N(C)C[C@@H]1Oc2ccc(NC(=O)CCCN(C)C)cc2CC(=O)N([C@@H](C)CO)C[C@H]1C. The van der Waals surface area contributed by atoms with Gasteiger partial charge in [-0.3, -0.25) is 9.59 Å². The van der Waals surface area contributed by atoms with E-state index in [4.69, 9.17) is 9.26 Å². The van der Waals surface area contributed by atoms with Crippen molar-refractivity contribution in [2.24, 2.45) is 5.92 Å². The Balaban J connectivity index is 1.92. The van der Waals surface area contributed by atoms with Gasteiger partial charge in [-0.15, -0.1) is 0 Å². The largest absolute Gasteiger partial charge is 0.488 e. The Morgan fingerprint density at radius 3 is 2.59 bits per heavy atom. The highest BCUT2D eigenvalue weighted by molar-refractivity contribution is 7.89. The molecule has 41 heavy (non-hydrogen) atoms. The molecule has 1 aliphatic heterocycles. The molecule has 0 saturated heterocycles. The van der Waals surface area contributed by atoms with Gasteiger partial charge in [-0.05, 0) is 66.0 Å². The molecule has 13 heteroatoms. The van der Waals surface area contributed by atoms with Crippen molar-refractivity contribution in [3.05, 3.63) is 35.2 Å². The summed E-state index contributed by atoms with van der Waals surface area (Å²) in [6.07, 6.45) is 0.428. The number of aromatic nitrogens is 1. The lowest BCUT2D eigenvalue weighted by atomic mass is 10.0. The zero-order valence-electron chi connectivity index (χ0n) is 25.0. The first-order chi connectivity index (χ1) is 19.2. The first-order valence-electron chi connectivity index (χ1n) is 13.8. The van der Waals surface area contributed by atoms with Crippen molar-refractivity contribution >= 4 is 27.5 Å². The van der Waals surface area contributed by atoms with Gasteiger partial charge in [0.05, 0.1) is 25.6 Å². The molecule has 0 radical (unpaired) electrons. The minimum atomic E-state index is -3.94. The van der Waals surface area contributed by atoms with Crippen LogP contribution in [0.2, 0.25) is 0 Å². The van der Waals surface area contributed by atoms with Crippen molar-refractivity contribution in [2.45, 2.75) is 64.0 Å². The summed E-state index contributed by atoms with van der Waals surface area (Å²) in [5.41, 5.74) is 1.37. The Labute approximate surface area is 242 Å². The van der Waals surface area contributed by atoms with Crippen LogP contribution in [0.4, 0.5) is 5.69 Å². The predicted octanol–water partition coefficient (Wildman–Crippen LogP) is 2.04. The highest BCUT2D eigenvalue weighted by Gasteiger charge is 2.35. The lowest BCUT2D eigenvalue weighted by molar-refractivity contribution is -0.134. The molecule has 3 rings (SSSR count). The van der Waals surface area contributed by atoms with Crippen LogP contribution in [0.3, 0.4) is 0 Å². The summed E-state index contributed by atoms with van der Waals surface area (Å²) < 4.78 is 39.6. The number of fused-ring (bicyclic) bond motifs is 1. The lowest BCUT2D eigenvalue weighted by Crippen LogP contribution is -2.48. The highest BCUT2D eigenvalue weighted by Crippen LogP contribution is 2.30. The zero-order valence-corrected chi connectivity index (χ0v) is 25.8. The van der Waals surface area contributed by atoms with Crippen molar-refractivity contribution in [3.63, 3.8) is 0 Å². The Hall–Kier alpha value is -3.00. The van der Waals surface area contributed by atoms with Gasteiger partial charge in [0.15, 0.2) is 5.76 Å². The van der Waals surface area contributed by atoms with Gasteiger partial charge in [0, 0.05) is 37.2 Å². The number of aliphatic hydroxyl groups excluding tert-OH is 1. The van der Waals surface area contributed by atoms with E-state index in [9.17, 15) is 23.1 Å². The second-order valence-corrected chi connectivity index (χ2v) is 13.1. The van der Waals surface area contributed by atoms with E-state index in [-0.39, 0.29) is 60.2 Å². The Morgan fingerprint density at radius 2 is 1.98 bits per heavy atom. The summed E-state index contributed by atoms with van der Waals surface area (Å²) in [6, 6.07) is 4.68. The molecule has 0 bridgehead atoms. The third kappa shape index (κ3) is 8.06. The summed E-state index contributed by atoms with van der Waals surface area (Å²) in [5.74, 6) is 0.0121. The number of nitrogens with zero attached hydrogens (tertiary/aromatic N) is 4. The molecule has 1 aromatic carbocycles. The fraction of sp³-hybridized carbons (Fsp3) is 0.607. The fourth-order valence-electron chi connectivity index (χ4n) is 4.85. The van der Waals surface area contributed by atoms with Gasteiger partial charge in [-0.2, -0.15) is 4.31 Å². The first-order valence-corrected chi connectivity index (χ1v) is 15.2. The van der Waals surface area contributed by atoms with Crippen LogP contribution in [0.5, 0.6) is 5.75 Å². The molecule has 0 spiro atoms. The molecule has 0 saturated carbocycles. The van der Waals surface area contributed by atoms with Crippen LogP contribution in [0, 0.1) is 19.8 Å². The van der Waals surface area contributed by atoms with Gasteiger partial charge in [-0.1, -0.05) is 12.1 Å². The molecular weight excluding hydrogens is 550 g/mol. The Kier molecular flexibility index (Phi) is 10.9. The van der Waals surface area contributed by atoms with Gasteiger partial charge < -0.3 is 29.5 Å². The molecule has 12 nitrogen and oxygen atoms in total. The average molecular weight is 594 g/mol. The molecule has 2 amide bonds. The highest BCUT2D eigenvalue weighted by atomic mass is 32.2. The third-order valence-corrected chi connectivity index (χ3v) is 9.35. The second-order valence-electron chi connectivity index (χ2n) is 11.1. The topological polar surface area (TPSA) is 146 Å². The maximum atomic E-state index is 13.4. The fourth-order valence-corrected chi connectivity index (χ4v) is 6.32. The van der Waals surface area contributed by atoms with Crippen molar-refractivity contribution < 1.29 is 32.4 Å². The number of hydrogen-bond acceptors (Lipinski definition) is 9. The van der Waals surface area contributed by atoms with Crippen LogP contribution < -0.4 is 10.1 Å². The van der Waals surface area contributed by atoms with E-state index in [0.717, 1.165) is 6.54 Å². The van der Waals surface area contributed by atoms with Gasteiger partial charge in [0.2, 0.25) is 21.8 Å². The lowest BCUT2D eigenvalue weighted by Gasteiger charge is -2.33. The maximum Gasteiger partial charge on any atom is 0.248 e. The standard InChI is InChI=1S/C28H43N5O7S/c1-18-15-33(19(2)17-34)27(36)14-22-13-23(29-26(35)9-8-12-31(5)6)10-11-24(22)39-25(18)16-32(7)41(37,38)28-20(3)30-40-21(28)4/h10-11,13,18-19,25,34H,8-9,12,14-17H2,1-7H3,(H,29,35)/t18-,19+,25+/m1/s1. The summed E-state index contributed by atoms with van der Waals surface area (Å²) in [5, 5.41) is 16.5. The quantitative estimate of drug-likeness (QED) is 0.400. The summed E-state index contributed by atoms with van der Waals surface area (Å²) in [4.78, 5) is 29.6.